The zero-order valence-electron chi connectivity index (χ0n) is 12.7. The van der Waals surface area contributed by atoms with Crippen molar-refractivity contribution in [2.45, 2.75) is 77.3 Å². The van der Waals surface area contributed by atoms with Gasteiger partial charge in [-0.15, -0.1) is 0 Å². The largest absolute Gasteiger partial charge is 0.480 e. The zero-order chi connectivity index (χ0) is 15.0. The molecular formula is C15H28N2O3. The normalized spacial score (nSPS) is 23.9. The van der Waals surface area contributed by atoms with Gasteiger partial charge in [-0.1, -0.05) is 33.1 Å². The molecule has 5 heteroatoms. The lowest BCUT2D eigenvalue weighted by Gasteiger charge is -2.29. The van der Waals surface area contributed by atoms with Crippen molar-refractivity contribution in [2.75, 3.05) is 0 Å². The maximum atomic E-state index is 11.8. The maximum absolute atomic E-state index is 11.8. The predicted octanol–water partition coefficient (Wildman–Crippen LogP) is 2.90. The maximum Gasteiger partial charge on any atom is 0.326 e. The van der Waals surface area contributed by atoms with E-state index in [1.54, 1.807) is 0 Å². The van der Waals surface area contributed by atoms with Crippen LogP contribution in [0.1, 0.15) is 65.2 Å². The zero-order valence-corrected chi connectivity index (χ0v) is 12.7. The Morgan fingerprint density at radius 1 is 1.15 bits per heavy atom. The van der Waals surface area contributed by atoms with Gasteiger partial charge in [0.05, 0.1) is 0 Å². The van der Waals surface area contributed by atoms with Crippen LogP contribution in [-0.2, 0) is 4.79 Å². The highest BCUT2D eigenvalue weighted by molar-refractivity contribution is 5.82. The molecule has 2 amide bonds. The van der Waals surface area contributed by atoms with Gasteiger partial charge >= 0.3 is 12.0 Å². The molecule has 0 aromatic rings. The van der Waals surface area contributed by atoms with Gasteiger partial charge < -0.3 is 15.7 Å². The lowest BCUT2D eigenvalue weighted by Crippen LogP contribution is -2.49. The van der Waals surface area contributed by atoms with Crippen LogP contribution in [0.15, 0.2) is 0 Å². The summed E-state index contributed by atoms with van der Waals surface area (Å²) in [6, 6.07) is -0.930. The molecule has 0 bridgehead atoms. The summed E-state index contributed by atoms with van der Waals surface area (Å²) in [6.45, 7) is 4.11. The van der Waals surface area contributed by atoms with Gasteiger partial charge in [-0.2, -0.15) is 0 Å². The molecular weight excluding hydrogens is 256 g/mol. The van der Waals surface area contributed by atoms with Crippen LogP contribution in [0.2, 0.25) is 0 Å². The molecule has 1 rings (SSSR count). The van der Waals surface area contributed by atoms with Crippen molar-refractivity contribution < 1.29 is 14.7 Å². The fourth-order valence-corrected chi connectivity index (χ4v) is 2.94. The molecule has 0 aromatic carbocycles. The van der Waals surface area contributed by atoms with Crippen LogP contribution in [-0.4, -0.2) is 29.2 Å². The summed E-state index contributed by atoms with van der Waals surface area (Å²) < 4.78 is 0. The minimum absolute atomic E-state index is 0.194. The van der Waals surface area contributed by atoms with E-state index in [0.717, 1.165) is 38.0 Å². The molecule has 20 heavy (non-hydrogen) atoms. The minimum atomic E-state index is -0.964. The van der Waals surface area contributed by atoms with Gasteiger partial charge in [-0.05, 0) is 38.0 Å². The van der Waals surface area contributed by atoms with E-state index in [9.17, 15) is 9.59 Å². The van der Waals surface area contributed by atoms with Crippen molar-refractivity contribution in [3.05, 3.63) is 0 Å². The topological polar surface area (TPSA) is 78.4 Å². The second kappa shape index (κ2) is 8.82. The quantitative estimate of drug-likeness (QED) is 0.672. The average molecular weight is 284 g/mol. The Hall–Kier alpha value is -1.26. The number of rotatable bonds is 7. The second-order valence-electron chi connectivity index (χ2n) is 5.80. The van der Waals surface area contributed by atoms with Crippen LogP contribution in [0.4, 0.5) is 4.79 Å². The number of nitrogens with one attached hydrogen (secondary N) is 2. The van der Waals surface area contributed by atoms with Crippen LogP contribution < -0.4 is 10.6 Å². The SMILES string of the molecule is CCCC1CCC(NC(=O)N[C@H](CCC)C(=O)O)CC1. The Morgan fingerprint density at radius 3 is 2.30 bits per heavy atom. The van der Waals surface area contributed by atoms with E-state index in [1.807, 2.05) is 6.92 Å². The van der Waals surface area contributed by atoms with E-state index >= 15 is 0 Å². The van der Waals surface area contributed by atoms with Crippen molar-refractivity contribution in [1.82, 2.24) is 10.6 Å². The van der Waals surface area contributed by atoms with Crippen molar-refractivity contribution in [3.8, 4) is 0 Å². The smallest absolute Gasteiger partial charge is 0.326 e. The van der Waals surface area contributed by atoms with Crippen molar-refractivity contribution in [3.63, 3.8) is 0 Å². The number of aliphatic carboxylic acids is 1. The second-order valence-corrected chi connectivity index (χ2v) is 5.80. The van der Waals surface area contributed by atoms with Gasteiger partial charge in [-0.25, -0.2) is 9.59 Å². The van der Waals surface area contributed by atoms with Crippen molar-refractivity contribution in [1.29, 1.82) is 0 Å². The summed E-state index contributed by atoms with van der Waals surface area (Å²) in [4.78, 5) is 22.8. The third kappa shape index (κ3) is 5.80. The standard InChI is InChI=1S/C15H28N2O3/c1-3-5-11-7-9-12(10-8-11)16-15(20)17-13(6-4-2)14(18)19/h11-13H,3-10H2,1-2H3,(H,18,19)(H2,16,17,20)/t11?,12?,13-/m1/s1. The average Bonchev–Trinajstić information content (AvgIpc) is 2.40. The number of carbonyl (C=O) groups excluding carboxylic acids is 1. The number of carbonyl (C=O) groups is 2. The highest BCUT2D eigenvalue weighted by Crippen LogP contribution is 2.27. The predicted molar refractivity (Wildman–Crippen MR) is 78.7 cm³/mol. The molecule has 1 aliphatic carbocycles. The number of hydrogen-bond donors (Lipinski definition) is 3. The first-order chi connectivity index (χ1) is 9.56. The van der Waals surface area contributed by atoms with E-state index < -0.39 is 12.0 Å². The summed E-state index contributed by atoms with van der Waals surface area (Å²) in [7, 11) is 0. The summed E-state index contributed by atoms with van der Waals surface area (Å²) >= 11 is 0. The van der Waals surface area contributed by atoms with E-state index in [-0.39, 0.29) is 12.1 Å². The number of urea groups is 1. The number of amides is 2. The molecule has 0 unspecified atom stereocenters. The van der Waals surface area contributed by atoms with Gasteiger partial charge in [0.25, 0.3) is 0 Å². The van der Waals surface area contributed by atoms with Crippen LogP contribution in [0.3, 0.4) is 0 Å². The molecule has 1 saturated carbocycles. The Balaban J connectivity index is 2.30. The molecule has 116 valence electrons. The molecule has 1 fully saturated rings. The Kier molecular flexibility index (Phi) is 7.41. The molecule has 5 nitrogen and oxygen atoms in total. The molecule has 0 spiro atoms. The molecule has 0 aromatic heterocycles. The highest BCUT2D eigenvalue weighted by Gasteiger charge is 2.24. The number of carboxylic acid groups (broad SMARTS) is 1. The number of hydrogen-bond acceptors (Lipinski definition) is 2. The molecule has 1 aliphatic rings. The lowest BCUT2D eigenvalue weighted by molar-refractivity contribution is -0.139. The van der Waals surface area contributed by atoms with Gasteiger partial charge in [0.1, 0.15) is 6.04 Å². The van der Waals surface area contributed by atoms with E-state index in [2.05, 4.69) is 17.6 Å². The summed E-state index contributed by atoms with van der Waals surface area (Å²) in [5.41, 5.74) is 0. The monoisotopic (exact) mass is 284 g/mol. The van der Waals surface area contributed by atoms with Crippen LogP contribution in [0.5, 0.6) is 0 Å². The Morgan fingerprint density at radius 2 is 1.80 bits per heavy atom. The van der Waals surface area contributed by atoms with Crippen LogP contribution >= 0.6 is 0 Å². The molecule has 3 N–H and O–H groups in total. The first-order valence-corrected chi connectivity index (χ1v) is 7.86. The van der Waals surface area contributed by atoms with E-state index in [4.69, 9.17) is 5.11 Å². The third-order valence-electron chi connectivity index (χ3n) is 4.06. The van der Waals surface area contributed by atoms with Gasteiger partial charge in [0.2, 0.25) is 0 Å². The molecule has 0 heterocycles. The van der Waals surface area contributed by atoms with Gasteiger partial charge in [0, 0.05) is 6.04 Å². The third-order valence-corrected chi connectivity index (χ3v) is 4.06. The van der Waals surface area contributed by atoms with Crippen LogP contribution in [0.25, 0.3) is 0 Å². The van der Waals surface area contributed by atoms with Crippen molar-refractivity contribution in [2.24, 2.45) is 5.92 Å². The molecule has 0 aliphatic heterocycles. The van der Waals surface area contributed by atoms with E-state index in [0.29, 0.717) is 6.42 Å². The highest BCUT2D eigenvalue weighted by atomic mass is 16.4. The van der Waals surface area contributed by atoms with E-state index in [1.165, 1.54) is 12.8 Å². The minimum Gasteiger partial charge on any atom is -0.480 e. The Bertz CT molecular complexity index is 312. The summed E-state index contributed by atoms with van der Waals surface area (Å²) in [6.07, 6.45) is 8.03. The molecule has 1 atom stereocenters. The first kappa shape index (κ1) is 16.8. The Labute approximate surface area is 121 Å². The summed E-state index contributed by atoms with van der Waals surface area (Å²) in [5, 5.41) is 14.5. The van der Waals surface area contributed by atoms with Gasteiger partial charge in [-0.3, -0.25) is 0 Å². The first-order valence-electron chi connectivity index (χ1n) is 7.86. The number of carboxylic acids is 1. The molecule has 0 radical (unpaired) electrons. The summed E-state index contributed by atoms with van der Waals surface area (Å²) in [5.74, 6) is -0.165. The van der Waals surface area contributed by atoms with Crippen molar-refractivity contribution >= 4 is 12.0 Å². The lowest BCUT2D eigenvalue weighted by atomic mass is 9.83. The molecule has 0 saturated heterocycles. The fourth-order valence-electron chi connectivity index (χ4n) is 2.94. The van der Waals surface area contributed by atoms with Crippen LogP contribution in [0, 0.1) is 5.92 Å². The fraction of sp³-hybridized carbons (Fsp3) is 0.867. The van der Waals surface area contributed by atoms with Gasteiger partial charge in [0.15, 0.2) is 0 Å².